The van der Waals surface area contributed by atoms with Crippen molar-refractivity contribution in [3.05, 3.63) is 45.7 Å². The number of nitrogens with one attached hydrogen (secondary N) is 1. The normalized spacial score (nSPS) is 10.5. The molecule has 1 amide bonds. The van der Waals surface area contributed by atoms with Gasteiger partial charge < -0.3 is 5.32 Å². The zero-order valence-electron chi connectivity index (χ0n) is 10.9. The Balaban J connectivity index is 1.90. The fraction of sp³-hybridized carbons (Fsp3) is 0.308. The van der Waals surface area contributed by atoms with Crippen molar-refractivity contribution in [2.45, 2.75) is 13.3 Å². The molecule has 2 aromatic rings. The summed E-state index contributed by atoms with van der Waals surface area (Å²) in [7, 11) is 1.68. The maximum Gasteiger partial charge on any atom is 0.273 e. The molecule has 0 atom stereocenters. The summed E-state index contributed by atoms with van der Waals surface area (Å²) in [4.78, 5) is 13.1. The van der Waals surface area contributed by atoms with Crippen LogP contribution in [0, 0.1) is 6.92 Å². The monoisotopic (exact) mass is 322 g/mol. The lowest BCUT2D eigenvalue weighted by Gasteiger charge is -2.08. The third-order valence-corrected chi connectivity index (χ3v) is 3.75. The summed E-state index contributed by atoms with van der Waals surface area (Å²) in [5, 5.41) is 10.7. The van der Waals surface area contributed by atoms with E-state index in [-0.39, 0.29) is 5.91 Å². The van der Waals surface area contributed by atoms with Crippen LogP contribution in [0.5, 0.6) is 0 Å². The quantitative estimate of drug-likeness (QED) is 0.934. The van der Waals surface area contributed by atoms with Crippen molar-refractivity contribution in [1.29, 1.82) is 0 Å². The Bertz CT molecular complexity index is 594. The fourth-order valence-corrected chi connectivity index (χ4v) is 2.18. The van der Waals surface area contributed by atoms with Gasteiger partial charge in [0.2, 0.25) is 0 Å². The van der Waals surface area contributed by atoms with E-state index in [0.717, 1.165) is 10.9 Å². The number of benzene rings is 1. The molecule has 1 aromatic carbocycles. The first-order valence-corrected chi connectivity index (χ1v) is 6.75. The average Bonchev–Trinajstić information content (AvgIpc) is 2.81. The van der Waals surface area contributed by atoms with Gasteiger partial charge in [0.05, 0.1) is 6.20 Å². The molecule has 100 valence electrons. The van der Waals surface area contributed by atoms with E-state index in [1.165, 1.54) is 22.1 Å². The van der Waals surface area contributed by atoms with Crippen molar-refractivity contribution >= 4 is 21.8 Å². The number of carbonyl (C=O) groups is 1. The largest absolute Gasteiger partial charge is 0.350 e. The van der Waals surface area contributed by atoms with Crippen molar-refractivity contribution in [2.75, 3.05) is 6.54 Å². The number of hydrogen-bond acceptors (Lipinski definition) is 3. The van der Waals surface area contributed by atoms with Gasteiger partial charge in [0, 0.05) is 18.1 Å². The highest BCUT2D eigenvalue weighted by molar-refractivity contribution is 9.10. The summed E-state index contributed by atoms with van der Waals surface area (Å²) < 4.78 is 1.09. The van der Waals surface area contributed by atoms with Crippen LogP contribution in [0.3, 0.4) is 0 Å². The molecule has 19 heavy (non-hydrogen) atoms. The van der Waals surface area contributed by atoms with Gasteiger partial charge in [-0.2, -0.15) is 9.90 Å². The van der Waals surface area contributed by atoms with Crippen LogP contribution < -0.4 is 5.32 Å². The second-order valence-electron chi connectivity index (χ2n) is 4.25. The number of amides is 1. The molecule has 0 bridgehead atoms. The topological polar surface area (TPSA) is 59.8 Å². The third-order valence-electron chi connectivity index (χ3n) is 2.89. The predicted molar refractivity (Wildman–Crippen MR) is 75.9 cm³/mol. The minimum atomic E-state index is -0.194. The first kappa shape index (κ1) is 13.7. The molecular weight excluding hydrogens is 308 g/mol. The maximum absolute atomic E-state index is 11.8. The Labute approximate surface area is 120 Å². The van der Waals surface area contributed by atoms with Crippen LogP contribution >= 0.6 is 15.9 Å². The van der Waals surface area contributed by atoms with Gasteiger partial charge in [-0.05, 0) is 30.5 Å². The van der Waals surface area contributed by atoms with Gasteiger partial charge >= 0.3 is 0 Å². The van der Waals surface area contributed by atoms with E-state index in [2.05, 4.69) is 44.4 Å². The second-order valence-corrected chi connectivity index (χ2v) is 5.10. The molecule has 0 unspecified atom stereocenters. The Morgan fingerprint density at radius 1 is 1.47 bits per heavy atom. The van der Waals surface area contributed by atoms with Gasteiger partial charge in [-0.1, -0.05) is 28.1 Å². The number of halogens is 1. The van der Waals surface area contributed by atoms with Crippen molar-refractivity contribution in [3.8, 4) is 0 Å². The van der Waals surface area contributed by atoms with Crippen LogP contribution in [0.25, 0.3) is 0 Å². The summed E-state index contributed by atoms with van der Waals surface area (Å²) in [6, 6.07) is 6.07. The summed E-state index contributed by atoms with van der Waals surface area (Å²) >= 11 is 3.50. The van der Waals surface area contributed by atoms with E-state index in [4.69, 9.17) is 0 Å². The molecule has 2 rings (SSSR count). The average molecular weight is 323 g/mol. The molecule has 0 fully saturated rings. The fourth-order valence-electron chi connectivity index (χ4n) is 1.77. The molecular formula is C13H15BrN4O. The SMILES string of the molecule is Cc1c(Br)cccc1CCNC(=O)c1cnn(C)n1. The number of carbonyl (C=O) groups excluding carboxylic acids is 1. The van der Waals surface area contributed by atoms with E-state index < -0.39 is 0 Å². The van der Waals surface area contributed by atoms with Gasteiger partial charge in [0.15, 0.2) is 5.69 Å². The van der Waals surface area contributed by atoms with Crippen LogP contribution in [0.2, 0.25) is 0 Å². The molecule has 0 aliphatic carbocycles. The summed E-state index contributed by atoms with van der Waals surface area (Å²) in [5.41, 5.74) is 2.76. The highest BCUT2D eigenvalue weighted by atomic mass is 79.9. The van der Waals surface area contributed by atoms with Crippen LogP contribution in [0.4, 0.5) is 0 Å². The van der Waals surface area contributed by atoms with E-state index in [1.54, 1.807) is 7.05 Å². The highest BCUT2D eigenvalue weighted by Crippen LogP contribution is 2.19. The van der Waals surface area contributed by atoms with Gasteiger partial charge in [-0.3, -0.25) is 4.79 Å². The second kappa shape index (κ2) is 5.97. The number of rotatable bonds is 4. The molecule has 5 nitrogen and oxygen atoms in total. The molecule has 1 heterocycles. The third kappa shape index (κ3) is 3.41. The van der Waals surface area contributed by atoms with Crippen LogP contribution in [0.15, 0.2) is 28.9 Å². The Morgan fingerprint density at radius 3 is 2.95 bits per heavy atom. The minimum absolute atomic E-state index is 0.194. The molecule has 1 N–H and O–H groups in total. The smallest absolute Gasteiger partial charge is 0.273 e. The van der Waals surface area contributed by atoms with Crippen LogP contribution in [-0.4, -0.2) is 27.4 Å². The standard InChI is InChI=1S/C13H15BrN4O/c1-9-10(4-3-5-11(9)14)6-7-15-13(19)12-8-16-18(2)17-12/h3-5,8H,6-7H2,1-2H3,(H,15,19). The molecule has 0 aliphatic rings. The number of hydrogen-bond donors (Lipinski definition) is 1. The van der Waals surface area contributed by atoms with Crippen LogP contribution in [-0.2, 0) is 13.5 Å². The van der Waals surface area contributed by atoms with E-state index in [1.807, 2.05) is 12.1 Å². The zero-order chi connectivity index (χ0) is 13.8. The highest BCUT2D eigenvalue weighted by Gasteiger charge is 2.09. The summed E-state index contributed by atoms with van der Waals surface area (Å²) in [5.74, 6) is -0.194. The van der Waals surface area contributed by atoms with Crippen molar-refractivity contribution < 1.29 is 4.79 Å². The number of aromatic nitrogens is 3. The van der Waals surface area contributed by atoms with E-state index in [9.17, 15) is 4.79 Å². The minimum Gasteiger partial charge on any atom is -0.350 e. The van der Waals surface area contributed by atoms with Gasteiger partial charge in [0.25, 0.3) is 5.91 Å². The molecule has 0 radical (unpaired) electrons. The van der Waals surface area contributed by atoms with Crippen molar-refractivity contribution in [1.82, 2.24) is 20.3 Å². The Morgan fingerprint density at radius 2 is 2.26 bits per heavy atom. The van der Waals surface area contributed by atoms with Gasteiger partial charge in [-0.25, -0.2) is 0 Å². The molecule has 6 heteroatoms. The lowest BCUT2D eigenvalue weighted by molar-refractivity contribution is 0.0948. The van der Waals surface area contributed by atoms with E-state index >= 15 is 0 Å². The molecule has 0 saturated heterocycles. The van der Waals surface area contributed by atoms with Crippen LogP contribution in [0.1, 0.15) is 21.6 Å². The molecule has 0 aliphatic heterocycles. The molecule has 0 saturated carbocycles. The molecule has 1 aromatic heterocycles. The summed E-state index contributed by atoms with van der Waals surface area (Å²) in [6.07, 6.45) is 2.25. The van der Waals surface area contributed by atoms with Crippen molar-refractivity contribution in [3.63, 3.8) is 0 Å². The lowest BCUT2D eigenvalue weighted by Crippen LogP contribution is -2.26. The lowest BCUT2D eigenvalue weighted by atomic mass is 10.1. The summed E-state index contributed by atoms with van der Waals surface area (Å²) in [6.45, 7) is 2.64. The zero-order valence-corrected chi connectivity index (χ0v) is 12.4. The van der Waals surface area contributed by atoms with Crippen molar-refractivity contribution in [2.24, 2.45) is 7.05 Å². The first-order chi connectivity index (χ1) is 9.08. The van der Waals surface area contributed by atoms with E-state index in [0.29, 0.717) is 12.2 Å². The van der Waals surface area contributed by atoms with Gasteiger partial charge in [-0.15, -0.1) is 5.10 Å². The predicted octanol–water partition coefficient (Wildman–Crippen LogP) is 1.86. The van der Waals surface area contributed by atoms with Gasteiger partial charge in [0.1, 0.15) is 0 Å². The number of aryl methyl sites for hydroxylation is 1. The number of nitrogens with zero attached hydrogens (tertiary/aromatic N) is 3. The maximum atomic E-state index is 11.8. The first-order valence-electron chi connectivity index (χ1n) is 5.96. The Hall–Kier alpha value is -1.69. The Kier molecular flexibility index (Phi) is 4.31. The molecule has 0 spiro atoms.